The summed E-state index contributed by atoms with van der Waals surface area (Å²) in [6.07, 6.45) is 1.36. The summed E-state index contributed by atoms with van der Waals surface area (Å²) in [6.45, 7) is 0. The van der Waals surface area contributed by atoms with E-state index in [4.69, 9.17) is 11.6 Å². The van der Waals surface area contributed by atoms with E-state index in [0.717, 1.165) is 16.7 Å². The summed E-state index contributed by atoms with van der Waals surface area (Å²) in [6, 6.07) is 12.3. The van der Waals surface area contributed by atoms with Gasteiger partial charge in [-0.3, -0.25) is 19.7 Å². The summed E-state index contributed by atoms with van der Waals surface area (Å²) in [5.41, 5.74) is 0.535. The SMILES string of the molecule is O=C1SC(=Cc2ccccc2[N+](=O)[O-])C(=O)N1c1ccc(Cl)cc1. The number of rotatable bonds is 3. The molecule has 0 saturated carbocycles. The fraction of sp³-hybridized carbons (Fsp3) is 0. The van der Waals surface area contributed by atoms with E-state index in [9.17, 15) is 19.7 Å². The number of carbonyl (C=O) groups is 2. The molecule has 0 aromatic heterocycles. The molecule has 2 aromatic rings. The van der Waals surface area contributed by atoms with Crippen molar-refractivity contribution in [2.24, 2.45) is 0 Å². The molecule has 24 heavy (non-hydrogen) atoms. The maximum Gasteiger partial charge on any atom is 0.298 e. The Labute approximate surface area is 145 Å². The minimum atomic E-state index is -0.532. The lowest BCUT2D eigenvalue weighted by molar-refractivity contribution is -0.385. The van der Waals surface area contributed by atoms with Crippen LogP contribution in [0.3, 0.4) is 0 Å². The van der Waals surface area contributed by atoms with Crippen LogP contribution in [-0.2, 0) is 4.79 Å². The van der Waals surface area contributed by atoms with E-state index in [-0.39, 0.29) is 16.2 Å². The molecular weight excluding hydrogens is 352 g/mol. The van der Waals surface area contributed by atoms with Gasteiger partial charge in [-0.2, -0.15) is 0 Å². The lowest BCUT2D eigenvalue weighted by atomic mass is 10.1. The molecule has 1 heterocycles. The Morgan fingerprint density at radius 2 is 1.75 bits per heavy atom. The Hall–Kier alpha value is -2.64. The van der Waals surface area contributed by atoms with Gasteiger partial charge in [0.05, 0.1) is 21.1 Å². The van der Waals surface area contributed by atoms with Gasteiger partial charge in [0, 0.05) is 11.1 Å². The summed E-state index contributed by atoms with van der Waals surface area (Å²) in [4.78, 5) is 36.3. The molecule has 1 aliphatic heterocycles. The smallest absolute Gasteiger partial charge is 0.268 e. The van der Waals surface area contributed by atoms with E-state index in [1.54, 1.807) is 30.3 Å². The lowest BCUT2D eigenvalue weighted by Crippen LogP contribution is -2.27. The van der Waals surface area contributed by atoms with E-state index in [0.29, 0.717) is 10.7 Å². The second-order valence-corrected chi connectivity index (χ2v) is 6.24. The third-order valence-electron chi connectivity index (χ3n) is 3.30. The van der Waals surface area contributed by atoms with Crippen LogP contribution in [0.1, 0.15) is 5.56 Å². The Bertz CT molecular complexity index is 880. The number of thioether (sulfide) groups is 1. The molecule has 6 nitrogen and oxygen atoms in total. The molecule has 8 heteroatoms. The zero-order chi connectivity index (χ0) is 17.3. The van der Waals surface area contributed by atoms with Gasteiger partial charge in [-0.15, -0.1) is 0 Å². The fourth-order valence-electron chi connectivity index (χ4n) is 2.20. The first-order valence-corrected chi connectivity index (χ1v) is 7.94. The molecule has 1 fully saturated rings. The van der Waals surface area contributed by atoms with Gasteiger partial charge in [-0.1, -0.05) is 23.7 Å². The first-order valence-electron chi connectivity index (χ1n) is 6.74. The minimum Gasteiger partial charge on any atom is -0.268 e. The normalized spacial score (nSPS) is 16.0. The van der Waals surface area contributed by atoms with Gasteiger partial charge in [0.25, 0.3) is 16.8 Å². The summed E-state index contributed by atoms with van der Waals surface area (Å²) < 4.78 is 0. The van der Waals surface area contributed by atoms with Crippen LogP contribution in [-0.4, -0.2) is 16.1 Å². The fourth-order valence-corrected chi connectivity index (χ4v) is 3.16. The molecular formula is C16H9ClN2O4S. The Morgan fingerprint density at radius 1 is 1.08 bits per heavy atom. The minimum absolute atomic E-state index is 0.129. The van der Waals surface area contributed by atoms with Crippen molar-refractivity contribution in [1.82, 2.24) is 0 Å². The molecule has 3 rings (SSSR count). The number of carbonyl (C=O) groups excluding carboxylic acids is 2. The number of anilines is 1. The highest BCUT2D eigenvalue weighted by molar-refractivity contribution is 8.19. The number of para-hydroxylation sites is 1. The van der Waals surface area contributed by atoms with Crippen molar-refractivity contribution < 1.29 is 14.5 Å². The van der Waals surface area contributed by atoms with Crippen LogP contribution in [0, 0.1) is 10.1 Å². The average Bonchev–Trinajstić information content (AvgIpc) is 2.83. The van der Waals surface area contributed by atoms with E-state index in [1.807, 2.05) is 0 Å². The van der Waals surface area contributed by atoms with Crippen molar-refractivity contribution in [3.05, 3.63) is 74.1 Å². The zero-order valence-electron chi connectivity index (χ0n) is 12.0. The predicted molar refractivity (Wildman–Crippen MR) is 93.0 cm³/mol. The van der Waals surface area contributed by atoms with Gasteiger partial charge in [0.1, 0.15) is 0 Å². The third-order valence-corrected chi connectivity index (χ3v) is 4.42. The molecule has 0 aliphatic carbocycles. The van der Waals surface area contributed by atoms with Crippen LogP contribution in [0.5, 0.6) is 0 Å². The van der Waals surface area contributed by atoms with Crippen LogP contribution in [0.25, 0.3) is 6.08 Å². The second-order valence-electron chi connectivity index (χ2n) is 4.81. The first kappa shape index (κ1) is 16.2. The topological polar surface area (TPSA) is 80.5 Å². The van der Waals surface area contributed by atoms with Crippen LogP contribution in [0.15, 0.2) is 53.4 Å². The number of benzene rings is 2. The quantitative estimate of drug-likeness (QED) is 0.457. The molecule has 0 unspecified atom stereocenters. The second kappa shape index (κ2) is 6.46. The molecule has 0 N–H and O–H groups in total. The van der Waals surface area contributed by atoms with Gasteiger partial charge >= 0.3 is 0 Å². The number of halogens is 1. The largest absolute Gasteiger partial charge is 0.298 e. The number of nitro benzene ring substituents is 1. The van der Waals surface area contributed by atoms with E-state index < -0.39 is 16.1 Å². The molecule has 0 bridgehead atoms. The standard InChI is InChI=1S/C16H9ClN2O4S/c17-11-5-7-12(8-6-11)18-15(20)14(24-16(18)21)9-10-3-1-2-4-13(10)19(22)23/h1-9H. The Balaban J connectivity index is 1.97. The van der Waals surface area contributed by atoms with E-state index in [2.05, 4.69) is 0 Å². The molecule has 1 saturated heterocycles. The Kier molecular flexibility index (Phi) is 4.37. The molecule has 0 atom stereocenters. The van der Waals surface area contributed by atoms with Gasteiger partial charge in [0.2, 0.25) is 0 Å². The van der Waals surface area contributed by atoms with Crippen LogP contribution >= 0.6 is 23.4 Å². The van der Waals surface area contributed by atoms with Gasteiger partial charge < -0.3 is 0 Å². The van der Waals surface area contributed by atoms with Crippen LogP contribution in [0.4, 0.5) is 16.2 Å². The number of nitro groups is 1. The maximum atomic E-state index is 12.5. The average molecular weight is 361 g/mol. The van der Waals surface area contributed by atoms with Crippen molar-refractivity contribution >= 4 is 52.0 Å². The Morgan fingerprint density at radius 3 is 2.42 bits per heavy atom. The van der Waals surface area contributed by atoms with Crippen molar-refractivity contribution in [1.29, 1.82) is 0 Å². The predicted octanol–water partition coefficient (Wildman–Crippen LogP) is 4.49. The summed E-state index contributed by atoms with van der Waals surface area (Å²) >= 11 is 6.54. The molecule has 120 valence electrons. The lowest BCUT2D eigenvalue weighted by Gasteiger charge is -2.12. The zero-order valence-corrected chi connectivity index (χ0v) is 13.6. The van der Waals surface area contributed by atoms with Gasteiger partial charge in [0.15, 0.2) is 0 Å². The molecule has 2 amide bonds. The van der Waals surface area contributed by atoms with Crippen LogP contribution in [0.2, 0.25) is 5.02 Å². The first-order chi connectivity index (χ1) is 11.5. The molecule has 2 aromatic carbocycles. The van der Waals surface area contributed by atoms with Gasteiger partial charge in [-0.05, 0) is 48.2 Å². The van der Waals surface area contributed by atoms with Crippen molar-refractivity contribution in [2.45, 2.75) is 0 Å². The number of nitrogens with zero attached hydrogens (tertiary/aromatic N) is 2. The van der Waals surface area contributed by atoms with Crippen molar-refractivity contribution in [2.75, 3.05) is 4.90 Å². The highest BCUT2D eigenvalue weighted by Crippen LogP contribution is 2.37. The molecule has 1 aliphatic rings. The van der Waals surface area contributed by atoms with Gasteiger partial charge in [-0.25, -0.2) is 4.90 Å². The molecule has 0 radical (unpaired) electrons. The third kappa shape index (κ3) is 3.04. The van der Waals surface area contributed by atoms with Crippen LogP contribution < -0.4 is 4.90 Å². The number of imide groups is 1. The maximum absolute atomic E-state index is 12.5. The van der Waals surface area contributed by atoms with E-state index >= 15 is 0 Å². The van der Waals surface area contributed by atoms with E-state index in [1.165, 1.54) is 24.3 Å². The number of amides is 2. The number of hydrogen-bond acceptors (Lipinski definition) is 5. The summed E-state index contributed by atoms with van der Waals surface area (Å²) in [7, 11) is 0. The number of hydrogen-bond donors (Lipinski definition) is 0. The monoisotopic (exact) mass is 360 g/mol. The summed E-state index contributed by atoms with van der Waals surface area (Å²) in [5, 5.41) is 11.1. The highest BCUT2D eigenvalue weighted by atomic mass is 35.5. The molecule has 0 spiro atoms. The van der Waals surface area contributed by atoms with Crippen molar-refractivity contribution in [3.63, 3.8) is 0 Å². The van der Waals surface area contributed by atoms with Crippen molar-refractivity contribution in [3.8, 4) is 0 Å². The summed E-state index contributed by atoms with van der Waals surface area (Å²) in [5.74, 6) is -0.523. The highest BCUT2D eigenvalue weighted by Gasteiger charge is 2.36.